The monoisotopic (exact) mass is 474 g/mol. The summed E-state index contributed by atoms with van der Waals surface area (Å²) >= 11 is 7.77. The second kappa shape index (κ2) is 11.4. The minimum atomic E-state index is -0.487. The third-order valence-corrected chi connectivity index (χ3v) is 6.39. The smallest absolute Gasteiger partial charge is 0.308 e. The summed E-state index contributed by atoms with van der Waals surface area (Å²) in [6.07, 6.45) is 0.0959. The largest absolute Gasteiger partial charge is 0.469 e. The molecule has 0 saturated carbocycles. The fourth-order valence-corrected chi connectivity index (χ4v) is 4.71. The van der Waals surface area contributed by atoms with E-state index in [1.54, 1.807) is 11.3 Å². The molecule has 0 radical (unpaired) electrons. The second-order valence-electron chi connectivity index (χ2n) is 6.68. The van der Waals surface area contributed by atoms with Gasteiger partial charge in [-0.05, 0) is 38.5 Å². The van der Waals surface area contributed by atoms with E-state index in [2.05, 4.69) is 24.0 Å². The molecule has 1 atom stereocenters. The molecule has 1 aliphatic rings. The predicted molar refractivity (Wildman–Crippen MR) is 133 cm³/mol. The number of hydrogen-bond donors (Lipinski definition) is 0. The van der Waals surface area contributed by atoms with E-state index in [1.165, 1.54) is 12.0 Å². The predicted octanol–water partition coefficient (Wildman–Crippen LogP) is 6.42. The van der Waals surface area contributed by atoms with Gasteiger partial charge in [-0.1, -0.05) is 51.4 Å². The number of rotatable bonds is 3. The number of fused-ring (bicyclic) bond motifs is 3. The van der Waals surface area contributed by atoms with Gasteiger partial charge in [0, 0.05) is 21.0 Å². The van der Waals surface area contributed by atoms with Crippen molar-refractivity contribution in [2.75, 3.05) is 7.11 Å². The lowest BCUT2D eigenvalue weighted by Crippen LogP contribution is -2.12. The average Bonchev–Trinajstić information content (AvgIpc) is 3.29. The Kier molecular flexibility index (Phi) is 9.16. The number of ether oxygens (including phenoxy) is 1. The standard InChI is InChI=1S/C20H19ClN4O2S.2C2H6/c1-10-11(2)28-20-17(10)18(13-5-7-14(21)8-6-13)22-15(9-16(26)27-4)19-24-23-12(3)25(19)20;2*1-2/h5-8,15H,9H2,1-4H3;2*1-2H3. The molecular formula is C24H31ClN4O2S. The fraction of sp³-hybridized carbons (Fsp3) is 0.417. The van der Waals surface area contributed by atoms with Crippen molar-refractivity contribution in [2.45, 2.75) is 60.9 Å². The van der Waals surface area contributed by atoms with Crippen LogP contribution in [0.5, 0.6) is 0 Å². The van der Waals surface area contributed by atoms with Gasteiger partial charge in [-0.2, -0.15) is 0 Å². The summed E-state index contributed by atoms with van der Waals surface area (Å²) in [7, 11) is 1.38. The molecule has 172 valence electrons. The Bertz CT molecular complexity index is 1100. The first kappa shape index (κ1) is 25.7. The Hall–Kier alpha value is -2.51. The fourth-order valence-electron chi connectivity index (χ4n) is 3.37. The number of hydrogen-bond acceptors (Lipinski definition) is 6. The number of carbonyl (C=O) groups excluding carboxylic acids is 1. The molecule has 0 N–H and O–H groups in total. The van der Waals surface area contributed by atoms with E-state index in [9.17, 15) is 4.79 Å². The number of thiophene rings is 1. The maximum atomic E-state index is 12.1. The molecule has 3 heterocycles. The Labute approximate surface area is 199 Å². The molecule has 0 spiro atoms. The van der Waals surface area contributed by atoms with Crippen LogP contribution in [-0.2, 0) is 9.53 Å². The number of nitrogens with zero attached hydrogens (tertiary/aromatic N) is 4. The molecule has 3 aromatic rings. The third kappa shape index (κ3) is 4.94. The van der Waals surface area contributed by atoms with Crippen LogP contribution >= 0.6 is 22.9 Å². The molecule has 0 aliphatic carbocycles. The van der Waals surface area contributed by atoms with Crippen molar-refractivity contribution >= 4 is 34.6 Å². The summed E-state index contributed by atoms with van der Waals surface area (Å²) < 4.78 is 6.91. The number of benzene rings is 1. The number of aromatic nitrogens is 3. The van der Waals surface area contributed by atoms with Gasteiger partial charge in [-0.3, -0.25) is 14.4 Å². The van der Waals surface area contributed by atoms with Crippen molar-refractivity contribution in [2.24, 2.45) is 4.99 Å². The van der Waals surface area contributed by atoms with Crippen molar-refractivity contribution in [1.82, 2.24) is 14.8 Å². The van der Waals surface area contributed by atoms with Crippen molar-refractivity contribution < 1.29 is 9.53 Å². The molecule has 1 unspecified atom stereocenters. The van der Waals surface area contributed by atoms with E-state index in [4.69, 9.17) is 21.3 Å². The highest BCUT2D eigenvalue weighted by molar-refractivity contribution is 7.15. The maximum Gasteiger partial charge on any atom is 0.308 e. The van der Waals surface area contributed by atoms with Gasteiger partial charge in [0.25, 0.3) is 0 Å². The van der Waals surface area contributed by atoms with E-state index in [-0.39, 0.29) is 12.4 Å². The molecule has 0 saturated heterocycles. The highest BCUT2D eigenvalue weighted by Gasteiger charge is 2.32. The van der Waals surface area contributed by atoms with Gasteiger partial charge in [0.2, 0.25) is 0 Å². The van der Waals surface area contributed by atoms with Gasteiger partial charge in [0.15, 0.2) is 5.82 Å². The first-order valence-electron chi connectivity index (χ1n) is 10.8. The molecule has 4 rings (SSSR count). The lowest BCUT2D eigenvalue weighted by molar-refractivity contribution is -0.141. The van der Waals surface area contributed by atoms with Crippen LogP contribution in [-0.4, -0.2) is 33.6 Å². The minimum Gasteiger partial charge on any atom is -0.469 e. The molecule has 32 heavy (non-hydrogen) atoms. The molecular weight excluding hydrogens is 444 g/mol. The molecule has 1 aromatic carbocycles. The lowest BCUT2D eigenvalue weighted by atomic mass is 9.99. The minimum absolute atomic E-state index is 0.0959. The Morgan fingerprint density at radius 3 is 2.31 bits per heavy atom. The van der Waals surface area contributed by atoms with Gasteiger partial charge in [0.05, 0.1) is 19.2 Å². The van der Waals surface area contributed by atoms with Crippen LogP contribution in [0.25, 0.3) is 5.00 Å². The number of esters is 1. The molecule has 2 aromatic heterocycles. The molecule has 1 aliphatic heterocycles. The van der Waals surface area contributed by atoms with Crippen molar-refractivity contribution in [3.8, 4) is 5.00 Å². The van der Waals surface area contributed by atoms with Crippen LogP contribution in [0.4, 0.5) is 0 Å². The topological polar surface area (TPSA) is 69.4 Å². The van der Waals surface area contributed by atoms with Crippen LogP contribution < -0.4 is 0 Å². The first-order valence-corrected chi connectivity index (χ1v) is 12.0. The summed E-state index contributed by atoms with van der Waals surface area (Å²) in [6, 6.07) is 7.11. The molecule has 8 heteroatoms. The SMILES string of the molecule is CC.CC.COC(=O)CC1N=C(c2ccc(Cl)cc2)c2c(sc(C)c2C)-n2c(C)nnc21. The summed E-state index contributed by atoms with van der Waals surface area (Å²) in [5.74, 6) is 1.07. The highest BCUT2D eigenvalue weighted by Crippen LogP contribution is 2.39. The summed E-state index contributed by atoms with van der Waals surface area (Å²) in [5.41, 5.74) is 3.97. The number of carbonyl (C=O) groups is 1. The van der Waals surface area contributed by atoms with E-state index < -0.39 is 6.04 Å². The van der Waals surface area contributed by atoms with Crippen LogP contribution in [0.15, 0.2) is 29.3 Å². The second-order valence-corrected chi connectivity index (χ2v) is 8.32. The van der Waals surface area contributed by atoms with E-state index in [1.807, 2.05) is 63.5 Å². The zero-order valence-electron chi connectivity index (χ0n) is 20.0. The Morgan fingerprint density at radius 2 is 1.72 bits per heavy atom. The van der Waals surface area contributed by atoms with Crippen LogP contribution in [0, 0.1) is 20.8 Å². The van der Waals surface area contributed by atoms with Gasteiger partial charge >= 0.3 is 5.97 Å². The molecule has 0 amide bonds. The van der Waals surface area contributed by atoms with Gasteiger partial charge < -0.3 is 4.74 Å². The zero-order valence-corrected chi connectivity index (χ0v) is 21.6. The molecule has 0 bridgehead atoms. The summed E-state index contributed by atoms with van der Waals surface area (Å²) in [6.45, 7) is 14.1. The van der Waals surface area contributed by atoms with Crippen molar-refractivity contribution in [3.05, 3.63) is 62.5 Å². The van der Waals surface area contributed by atoms with Gasteiger partial charge in [0.1, 0.15) is 16.9 Å². The van der Waals surface area contributed by atoms with Gasteiger partial charge in [-0.25, -0.2) is 0 Å². The first-order chi connectivity index (χ1) is 15.4. The van der Waals surface area contributed by atoms with E-state index in [0.29, 0.717) is 10.8 Å². The average molecular weight is 475 g/mol. The van der Waals surface area contributed by atoms with E-state index in [0.717, 1.165) is 33.2 Å². The lowest BCUT2D eigenvalue weighted by Gasteiger charge is -2.11. The van der Waals surface area contributed by atoms with Gasteiger partial charge in [-0.15, -0.1) is 21.5 Å². The van der Waals surface area contributed by atoms with Crippen LogP contribution in [0.2, 0.25) is 5.02 Å². The van der Waals surface area contributed by atoms with Crippen molar-refractivity contribution in [3.63, 3.8) is 0 Å². The molecule has 0 fully saturated rings. The summed E-state index contributed by atoms with van der Waals surface area (Å²) in [5, 5.41) is 10.3. The number of methoxy groups -OCH3 is 1. The van der Waals surface area contributed by atoms with Crippen LogP contribution in [0.1, 0.15) is 73.4 Å². The normalized spacial score (nSPS) is 13.9. The highest BCUT2D eigenvalue weighted by atomic mass is 35.5. The Morgan fingerprint density at radius 1 is 1.09 bits per heavy atom. The van der Waals surface area contributed by atoms with E-state index >= 15 is 0 Å². The quantitative estimate of drug-likeness (QED) is 0.411. The number of halogens is 1. The van der Waals surface area contributed by atoms with Crippen LogP contribution in [0.3, 0.4) is 0 Å². The number of aliphatic imine (C=N–C) groups is 1. The molecule has 6 nitrogen and oxygen atoms in total. The number of aryl methyl sites for hydroxylation is 2. The third-order valence-electron chi connectivity index (χ3n) is 4.94. The Balaban J connectivity index is 0.000000860. The maximum absolute atomic E-state index is 12.1. The van der Waals surface area contributed by atoms with Crippen molar-refractivity contribution in [1.29, 1.82) is 0 Å². The summed E-state index contributed by atoms with van der Waals surface area (Å²) in [4.78, 5) is 18.3. The zero-order chi connectivity index (χ0) is 24.0.